The van der Waals surface area contributed by atoms with Crippen LogP contribution in [0, 0.1) is 0 Å². The standard InChI is InChI=1S/C24H25N3O2/c1-5-28-16(2)27-20-9-7-6-8-19(20)23(3,4)24(27)15-26-22-18-14-25-13-12-17(18)10-11-21(22)29-24/h6-16H,5H2,1-4H3. The van der Waals surface area contributed by atoms with Crippen LogP contribution in [0.2, 0.25) is 0 Å². The molecular formula is C24H25N3O2. The van der Waals surface area contributed by atoms with E-state index >= 15 is 0 Å². The Hall–Kier alpha value is -2.92. The van der Waals surface area contributed by atoms with E-state index in [0.717, 1.165) is 27.9 Å². The van der Waals surface area contributed by atoms with Crippen LogP contribution in [0.15, 0.2) is 59.9 Å². The smallest absolute Gasteiger partial charge is 0.230 e. The maximum absolute atomic E-state index is 6.84. The summed E-state index contributed by atoms with van der Waals surface area (Å²) in [6, 6.07) is 14.5. The average Bonchev–Trinajstić information content (AvgIpc) is 2.92. The predicted octanol–water partition coefficient (Wildman–Crippen LogP) is 5.21. The van der Waals surface area contributed by atoms with Crippen molar-refractivity contribution in [3.05, 3.63) is 60.4 Å². The lowest BCUT2D eigenvalue weighted by atomic mass is 9.77. The number of anilines is 1. The molecule has 2 aliphatic heterocycles. The van der Waals surface area contributed by atoms with Crippen LogP contribution in [0.1, 0.15) is 33.3 Å². The van der Waals surface area contributed by atoms with E-state index in [1.54, 1.807) is 6.20 Å². The molecule has 2 aromatic carbocycles. The molecule has 2 aliphatic rings. The zero-order chi connectivity index (χ0) is 20.2. The maximum Gasteiger partial charge on any atom is 0.230 e. The summed E-state index contributed by atoms with van der Waals surface area (Å²) in [4.78, 5) is 11.4. The van der Waals surface area contributed by atoms with Crippen LogP contribution in [0.3, 0.4) is 0 Å². The largest absolute Gasteiger partial charge is 0.459 e. The van der Waals surface area contributed by atoms with Crippen LogP contribution in [0.5, 0.6) is 5.75 Å². The number of nitrogens with zero attached hydrogens (tertiary/aromatic N) is 3. The molecule has 5 heteroatoms. The molecule has 0 N–H and O–H groups in total. The third-order valence-corrected chi connectivity index (χ3v) is 6.25. The predicted molar refractivity (Wildman–Crippen MR) is 116 cm³/mol. The Morgan fingerprint density at radius 3 is 2.79 bits per heavy atom. The molecule has 0 saturated heterocycles. The fourth-order valence-electron chi connectivity index (χ4n) is 4.75. The molecule has 2 atom stereocenters. The zero-order valence-electron chi connectivity index (χ0n) is 17.2. The van der Waals surface area contributed by atoms with E-state index in [9.17, 15) is 0 Å². The molecule has 3 heterocycles. The molecule has 0 radical (unpaired) electrons. The summed E-state index contributed by atoms with van der Waals surface area (Å²) in [5, 5.41) is 2.10. The first-order valence-corrected chi connectivity index (χ1v) is 10.1. The van der Waals surface area contributed by atoms with Gasteiger partial charge in [0.05, 0.1) is 11.6 Å². The Kier molecular flexibility index (Phi) is 3.93. The minimum absolute atomic E-state index is 0.168. The lowest BCUT2D eigenvalue weighted by molar-refractivity contribution is 0.00340. The highest BCUT2D eigenvalue weighted by atomic mass is 16.5. The second kappa shape index (κ2) is 6.29. The van der Waals surface area contributed by atoms with Crippen LogP contribution in [-0.4, -0.2) is 29.8 Å². The number of ether oxygens (including phenoxy) is 2. The summed E-state index contributed by atoms with van der Waals surface area (Å²) in [5.41, 5.74) is 2.06. The second-order valence-corrected chi connectivity index (χ2v) is 8.13. The molecular weight excluding hydrogens is 362 g/mol. The number of benzene rings is 2. The molecule has 2 unspecified atom stereocenters. The van der Waals surface area contributed by atoms with Crippen molar-refractivity contribution < 1.29 is 9.47 Å². The van der Waals surface area contributed by atoms with Crippen molar-refractivity contribution in [2.75, 3.05) is 11.5 Å². The van der Waals surface area contributed by atoms with Crippen molar-refractivity contribution in [2.24, 2.45) is 4.99 Å². The van der Waals surface area contributed by atoms with Gasteiger partial charge in [-0.05, 0) is 56.8 Å². The lowest BCUT2D eigenvalue weighted by Crippen LogP contribution is -2.64. The van der Waals surface area contributed by atoms with Gasteiger partial charge in [-0.25, -0.2) is 0 Å². The van der Waals surface area contributed by atoms with E-state index < -0.39 is 5.72 Å². The van der Waals surface area contributed by atoms with Crippen LogP contribution in [0.4, 0.5) is 11.4 Å². The Morgan fingerprint density at radius 1 is 1.14 bits per heavy atom. The summed E-state index contributed by atoms with van der Waals surface area (Å²) >= 11 is 0. The van der Waals surface area contributed by atoms with E-state index in [-0.39, 0.29) is 11.6 Å². The molecule has 0 bridgehead atoms. The molecule has 3 aromatic rings. The van der Waals surface area contributed by atoms with Gasteiger partial charge in [0.1, 0.15) is 17.7 Å². The number of rotatable bonds is 3. The summed E-state index contributed by atoms with van der Waals surface area (Å²) < 4.78 is 12.9. The third kappa shape index (κ3) is 2.37. The van der Waals surface area contributed by atoms with Gasteiger partial charge in [0.2, 0.25) is 5.72 Å². The Bertz CT molecular complexity index is 1120. The third-order valence-electron chi connectivity index (χ3n) is 6.25. The maximum atomic E-state index is 6.84. The Balaban J connectivity index is 1.72. The van der Waals surface area contributed by atoms with Gasteiger partial charge in [-0.2, -0.15) is 0 Å². The highest BCUT2D eigenvalue weighted by Crippen LogP contribution is 2.55. The number of hydrogen-bond acceptors (Lipinski definition) is 5. The van der Waals surface area contributed by atoms with Gasteiger partial charge in [0, 0.05) is 30.1 Å². The van der Waals surface area contributed by atoms with E-state index in [2.05, 4.69) is 61.0 Å². The molecule has 29 heavy (non-hydrogen) atoms. The fraction of sp³-hybridized carbons (Fsp3) is 0.333. The van der Waals surface area contributed by atoms with Gasteiger partial charge >= 0.3 is 0 Å². The second-order valence-electron chi connectivity index (χ2n) is 8.13. The molecule has 148 valence electrons. The van der Waals surface area contributed by atoms with Crippen molar-refractivity contribution in [3.8, 4) is 5.75 Å². The van der Waals surface area contributed by atoms with Crippen LogP contribution >= 0.6 is 0 Å². The van der Waals surface area contributed by atoms with Crippen molar-refractivity contribution >= 4 is 28.4 Å². The number of aromatic nitrogens is 1. The van der Waals surface area contributed by atoms with E-state index in [4.69, 9.17) is 14.5 Å². The Labute approximate surface area is 171 Å². The number of hydrogen-bond donors (Lipinski definition) is 0. The summed E-state index contributed by atoms with van der Waals surface area (Å²) in [7, 11) is 0. The van der Waals surface area contributed by atoms with Crippen LogP contribution in [0.25, 0.3) is 10.8 Å². The topological polar surface area (TPSA) is 47.0 Å². The van der Waals surface area contributed by atoms with E-state index in [1.807, 2.05) is 31.5 Å². The molecule has 5 nitrogen and oxygen atoms in total. The van der Waals surface area contributed by atoms with Gasteiger partial charge in [-0.3, -0.25) is 9.98 Å². The van der Waals surface area contributed by atoms with Crippen molar-refractivity contribution in [3.63, 3.8) is 0 Å². The molecule has 0 saturated carbocycles. The van der Waals surface area contributed by atoms with Crippen LogP contribution in [-0.2, 0) is 10.2 Å². The first kappa shape index (κ1) is 18.1. The average molecular weight is 387 g/mol. The number of pyridine rings is 1. The SMILES string of the molecule is CCOC(C)N1c2ccccc2C(C)(C)C12C=Nc1c(ccc3ccncc13)O2. The monoisotopic (exact) mass is 387 g/mol. The number of fused-ring (bicyclic) bond motifs is 4. The molecule has 5 rings (SSSR count). The summed E-state index contributed by atoms with van der Waals surface area (Å²) in [6.07, 6.45) is 5.43. The van der Waals surface area contributed by atoms with E-state index in [1.165, 1.54) is 5.56 Å². The van der Waals surface area contributed by atoms with Gasteiger partial charge in [-0.1, -0.05) is 24.3 Å². The van der Waals surface area contributed by atoms with Gasteiger partial charge in [0.25, 0.3) is 0 Å². The minimum atomic E-state index is -0.784. The quantitative estimate of drug-likeness (QED) is 0.619. The minimum Gasteiger partial charge on any atom is -0.459 e. The van der Waals surface area contributed by atoms with Gasteiger partial charge in [-0.15, -0.1) is 0 Å². The van der Waals surface area contributed by atoms with Crippen LogP contribution < -0.4 is 9.64 Å². The molecule has 1 aromatic heterocycles. The van der Waals surface area contributed by atoms with Crippen molar-refractivity contribution in [1.82, 2.24) is 4.98 Å². The first-order chi connectivity index (χ1) is 14.0. The highest BCUT2D eigenvalue weighted by molar-refractivity contribution is 5.99. The summed E-state index contributed by atoms with van der Waals surface area (Å²) in [6.45, 7) is 9.13. The zero-order valence-corrected chi connectivity index (χ0v) is 17.2. The number of para-hydroxylation sites is 1. The normalized spacial score (nSPS) is 22.4. The molecule has 0 fully saturated rings. The molecule has 1 spiro atoms. The fourth-order valence-corrected chi connectivity index (χ4v) is 4.75. The van der Waals surface area contributed by atoms with Crippen molar-refractivity contribution in [1.29, 1.82) is 0 Å². The highest BCUT2D eigenvalue weighted by Gasteiger charge is 2.61. The van der Waals surface area contributed by atoms with Gasteiger partial charge < -0.3 is 14.4 Å². The summed E-state index contributed by atoms with van der Waals surface area (Å²) in [5.74, 6) is 0.766. The Morgan fingerprint density at radius 2 is 1.97 bits per heavy atom. The lowest BCUT2D eigenvalue weighted by Gasteiger charge is -2.48. The van der Waals surface area contributed by atoms with Crippen molar-refractivity contribution in [2.45, 2.75) is 45.1 Å². The molecule has 0 amide bonds. The molecule has 0 aliphatic carbocycles. The van der Waals surface area contributed by atoms with E-state index in [0.29, 0.717) is 6.61 Å². The number of aliphatic imine (C=N–C) groups is 1. The van der Waals surface area contributed by atoms with Gasteiger partial charge in [0.15, 0.2) is 0 Å². The first-order valence-electron chi connectivity index (χ1n) is 10.1.